The number of rotatable bonds is 5. The standard InChI is InChI=1S/C21H25O2P/c22-21-16-8-7-10-18(21)11-9-17-24(23,19-12-3-1-4-13-19)20-14-5-2-6-15-20/h1-6,9,12-15,17-18,21-22H,7-8,10-11,16H2/b17-9+. The minimum absolute atomic E-state index is 0.212. The summed E-state index contributed by atoms with van der Waals surface area (Å²) in [6.45, 7) is 0. The van der Waals surface area contributed by atoms with Gasteiger partial charge in [-0.3, -0.25) is 0 Å². The Labute approximate surface area is 144 Å². The van der Waals surface area contributed by atoms with Crippen molar-refractivity contribution in [2.45, 2.75) is 38.2 Å². The van der Waals surface area contributed by atoms with Crippen LogP contribution in [0.4, 0.5) is 0 Å². The zero-order valence-corrected chi connectivity index (χ0v) is 14.8. The normalized spacial score (nSPS) is 21.9. The van der Waals surface area contributed by atoms with E-state index in [9.17, 15) is 9.67 Å². The monoisotopic (exact) mass is 340 g/mol. The predicted octanol–water partition coefficient (Wildman–Crippen LogP) is 4.46. The number of hydrogen-bond acceptors (Lipinski definition) is 2. The summed E-state index contributed by atoms with van der Waals surface area (Å²) in [6.07, 6.45) is 6.87. The number of benzene rings is 2. The van der Waals surface area contributed by atoms with Crippen molar-refractivity contribution in [3.8, 4) is 0 Å². The zero-order valence-electron chi connectivity index (χ0n) is 13.9. The highest BCUT2D eigenvalue weighted by Gasteiger charge is 2.25. The number of aliphatic hydroxyl groups is 1. The van der Waals surface area contributed by atoms with Gasteiger partial charge in [-0.1, -0.05) is 79.6 Å². The minimum Gasteiger partial charge on any atom is -0.393 e. The van der Waals surface area contributed by atoms with E-state index in [2.05, 4.69) is 0 Å². The highest BCUT2D eigenvalue weighted by Crippen LogP contribution is 2.45. The average Bonchev–Trinajstić information content (AvgIpc) is 2.64. The maximum atomic E-state index is 13.8. The van der Waals surface area contributed by atoms with Crippen LogP contribution in [-0.4, -0.2) is 11.2 Å². The summed E-state index contributed by atoms with van der Waals surface area (Å²) in [5, 5.41) is 11.8. The highest BCUT2D eigenvalue weighted by atomic mass is 31.2. The fourth-order valence-electron chi connectivity index (χ4n) is 3.47. The topological polar surface area (TPSA) is 37.3 Å². The maximum Gasteiger partial charge on any atom is 0.163 e. The van der Waals surface area contributed by atoms with E-state index in [1.54, 1.807) is 0 Å². The molecule has 2 atom stereocenters. The van der Waals surface area contributed by atoms with Gasteiger partial charge in [0, 0.05) is 10.6 Å². The molecule has 2 aromatic carbocycles. The van der Waals surface area contributed by atoms with Crippen LogP contribution in [0.1, 0.15) is 32.1 Å². The molecule has 126 valence electrons. The van der Waals surface area contributed by atoms with Crippen LogP contribution < -0.4 is 10.6 Å². The Morgan fingerprint density at radius 1 is 0.917 bits per heavy atom. The second-order valence-electron chi connectivity index (χ2n) is 6.56. The van der Waals surface area contributed by atoms with Gasteiger partial charge in [-0.05, 0) is 31.0 Å². The molecule has 0 bridgehead atoms. The molecular weight excluding hydrogens is 315 g/mol. The molecule has 24 heavy (non-hydrogen) atoms. The fraction of sp³-hybridized carbons (Fsp3) is 0.333. The van der Waals surface area contributed by atoms with E-state index in [4.69, 9.17) is 0 Å². The van der Waals surface area contributed by atoms with Gasteiger partial charge in [-0.15, -0.1) is 0 Å². The van der Waals surface area contributed by atoms with E-state index >= 15 is 0 Å². The Hall–Kier alpha value is -1.63. The van der Waals surface area contributed by atoms with Gasteiger partial charge in [0.25, 0.3) is 0 Å². The van der Waals surface area contributed by atoms with Crippen molar-refractivity contribution in [3.63, 3.8) is 0 Å². The predicted molar refractivity (Wildman–Crippen MR) is 101 cm³/mol. The van der Waals surface area contributed by atoms with Crippen molar-refractivity contribution in [2.24, 2.45) is 5.92 Å². The van der Waals surface area contributed by atoms with Gasteiger partial charge in [0.1, 0.15) is 0 Å². The Kier molecular flexibility index (Phi) is 5.71. The SMILES string of the molecule is O=P(/C=C/CC1CCCCC1O)(c1ccccc1)c1ccccc1. The van der Waals surface area contributed by atoms with Crippen molar-refractivity contribution < 1.29 is 9.67 Å². The van der Waals surface area contributed by atoms with Crippen LogP contribution in [0.3, 0.4) is 0 Å². The summed E-state index contributed by atoms with van der Waals surface area (Å²) in [7, 11) is -2.77. The van der Waals surface area contributed by atoms with Crippen molar-refractivity contribution in [1.29, 1.82) is 0 Å². The fourth-order valence-corrected chi connectivity index (χ4v) is 5.76. The average molecular weight is 340 g/mol. The number of allylic oxidation sites excluding steroid dienone is 1. The van der Waals surface area contributed by atoms with Crippen LogP contribution in [0.2, 0.25) is 0 Å². The lowest BCUT2D eigenvalue weighted by Crippen LogP contribution is -2.23. The Balaban J connectivity index is 1.86. The first kappa shape index (κ1) is 17.2. The molecule has 1 aliphatic rings. The van der Waals surface area contributed by atoms with Crippen LogP contribution in [0.5, 0.6) is 0 Å². The first-order chi connectivity index (χ1) is 11.7. The van der Waals surface area contributed by atoms with Crippen LogP contribution in [-0.2, 0) is 4.57 Å². The quantitative estimate of drug-likeness (QED) is 0.816. The molecule has 1 N–H and O–H groups in total. The minimum atomic E-state index is -2.77. The second-order valence-corrected chi connectivity index (χ2v) is 9.21. The molecule has 2 unspecified atom stereocenters. The molecule has 0 radical (unpaired) electrons. The molecule has 0 spiro atoms. The summed E-state index contributed by atoms with van der Waals surface area (Å²) in [6, 6.07) is 19.4. The highest BCUT2D eigenvalue weighted by molar-refractivity contribution is 7.81. The lowest BCUT2D eigenvalue weighted by Gasteiger charge is -2.26. The van der Waals surface area contributed by atoms with Gasteiger partial charge >= 0.3 is 0 Å². The molecule has 1 aliphatic carbocycles. The van der Waals surface area contributed by atoms with Gasteiger partial charge in [0.05, 0.1) is 6.10 Å². The first-order valence-electron chi connectivity index (χ1n) is 8.77. The first-order valence-corrected chi connectivity index (χ1v) is 10.5. The Bertz CT molecular complexity index is 666. The molecule has 2 aromatic rings. The lowest BCUT2D eigenvalue weighted by molar-refractivity contribution is 0.0714. The Morgan fingerprint density at radius 3 is 2.00 bits per heavy atom. The lowest BCUT2D eigenvalue weighted by atomic mass is 9.84. The van der Waals surface area contributed by atoms with Gasteiger partial charge in [-0.25, -0.2) is 0 Å². The van der Waals surface area contributed by atoms with E-state index in [0.717, 1.165) is 36.3 Å². The molecule has 2 nitrogen and oxygen atoms in total. The summed E-state index contributed by atoms with van der Waals surface area (Å²) in [4.78, 5) is 0. The maximum absolute atomic E-state index is 13.8. The van der Waals surface area contributed by atoms with Crippen molar-refractivity contribution in [1.82, 2.24) is 0 Å². The van der Waals surface area contributed by atoms with Crippen molar-refractivity contribution in [2.75, 3.05) is 0 Å². The van der Waals surface area contributed by atoms with Crippen LogP contribution in [0.25, 0.3) is 0 Å². The third kappa shape index (κ3) is 3.88. The molecule has 0 aromatic heterocycles. The molecule has 0 aliphatic heterocycles. The molecule has 1 saturated carbocycles. The van der Waals surface area contributed by atoms with Gasteiger partial charge < -0.3 is 9.67 Å². The third-order valence-electron chi connectivity index (χ3n) is 4.90. The third-order valence-corrected chi connectivity index (χ3v) is 7.66. The van der Waals surface area contributed by atoms with Crippen LogP contribution in [0.15, 0.2) is 72.6 Å². The van der Waals surface area contributed by atoms with Crippen molar-refractivity contribution in [3.05, 3.63) is 72.6 Å². The van der Waals surface area contributed by atoms with Crippen molar-refractivity contribution >= 4 is 17.8 Å². The summed E-state index contributed by atoms with van der Waals surface area (Å²) in [5.41, 5.74) is 0. The molecule has 0 saturated heterocycles. The van der Waals surface area contributed by atoms with Crippen LogP contribution >= 0.6 is 7.14 Å². The van der Waals surface area contributed by atoms with E-state index in [1.165, 1.54) is 6.42 Å². The number of hydrogen-bond donors (Lipinski definition) is 1. The molecule has 3 rings (SSSR count). The largest absolute Gasteiger partial charge is 0.393 e. The number of aliphatic hydroxyl groups excluding tert-OH is 1. The van der Waals surface area contributed by atoms with Gasteiger partial charge in [0.15, 0.2) is 7.14 Å². The second kappa shape index (κ2) is 7.96. The van der Waals surface area contributed by atoms with Crippen LogP contribution in [0, 0.1) is 5.92 Å². The smallest absolute Gasteiger partial charge is 0.163 e. The van der Waals surface area contributed by atoms with E-state index in [0.29, 0.717) is 5.92 Å². The van der Waals surface area contributed by atoms with Gasteiger partial charge in [0.2, 0.25) is 0 Å². The molecule has 0 amide bonds. The molecular formula is C21H25O2P. The van der Waals surface area contributed by atoms with Gasteiger partial charge in [-0.2, -0.15) is 0 Å². The van der Waals surface area contributed by atoms with E-state index < -0.39 is 7.14 Å². The summed E-state index contributed by atoms with van der Waals surface area (Å²) < 4.78 is 13.8. The van der Waals surface area contributed by atoms with E-state index in [-0.39, 0.29) is 6.10 Å². The van der Waals surface area contributed by atoms with E-state index in [1.807, 2.05) is 72.6 Å². The zero-order chi connectivity index (χ0) is 16.8. The molecule has 1 fully saturated rings. The molecule has 3 heteroatoms. The Morgan fingerprint density at radius 2 is 1.46 bits per heavy atom. The summed E-state index contributed by atoms with van der Waals surface area (Å²) >= 11 is 0. The summed E-state index contributed by atoms with van der Waals surface area (Å²) in [5.74, 6) is 2.19. The molecule has 0 heterocycles.